The second-order valence-electron chi connectivity index (χ2n) is 12.9. The van der Waals surface area contributed by atoms with E-state index in [1.54, 1.807) is 0 Å². The highest BCUT2D eigenvalue weighted by Crippen LogP contribution is 2.44. The summed E-state index contributed by atoms with van der Waals surface area (Å²) >= 11 is 3.73. The Balaban J connectivity index is 1.12. The monoisotopic (exact) mass is 685 g/mol. The zero-order chi connectivity index (χ0) is 33.7. The lowest BCUT2D eigenvalue weighted by atomic mass is 9.92. The minimum atomic E-state index is 1.12. The van der Waals surface area contributed by atoms with E-state index in [1.165, 1.54) is 73.7 Å². The van der Waals surface area contributed by atoms with E-state index < -0.39 is 0 Å². The summed E-state index contributed by atoms with van der Waals surface area (Å²) in [5, 5.41) is 5.23. The van der Waals surface area contributed by atoms with Gasteiger partial charge in [0.2, 0.25) is 0 Å². The Morgan fingerprint density at radius 1 is 0.275 bits per heavy atom. The van der Waals surface area contributed by atoms with E-state index in [-0.39, 0.29) is 0 Å². The molecule has 0 saturated heterocycles. The van der Waals surface area contributed by atoms with Gasteiger partial charge in [-0.1, -0.05) is 121 Å². The highest BCUT2D eigenvalue weighted by molar-refractivity contribution is 7.26. The number of hydrogen-bond acceptors (Lipinski definition) is 3. The second kappa shape index (κ2) is 12.4. The molecule has 8 aromatic carbocycles. The Bertz CT molecular complexity index is 2830. The molecule has 0 spiro atoms. The van der Waals surface area contributed by atoms with Crippen LogP contribution in [0.1, 0.15) is 0 Å². The zero-order valence-electron chi connectivity index (χ0n) is 27.7. The van der Waals surface area contributed by atoms with Gasteiger partial charge in [-0.2, -0.15) is 0 Å². The van der Waals surface area contributed by atoms with E-state index in [2.05, 4.69) is 193 Å². The Morgan fingerprint density at radius 2 is 0.706 bits per heavy atom. The van der Waals surface area contributed by atoms with Gasteiger partial charge >= 0.3 is 0 Å². The van der Waals surface area contributed by atoms with Crippen LogP contribution in [0.4, 0.5) is 17.1 Å². The maximum atomic E-state index is 2.40. The molecule has 0 aliphatic heterocycles. The summed E-state index contributed by atoms with van der Waals surface area (Å²) in [6.45, 7) is 0. The number of hydrogen-bond donors (Lipinski definition) is 0. The van der Waals surface area contributed by atoms with Gasteiger partial charge < -0.3 is 4.90 Å². The molecule has 0 unspecified atom stereocenters. The number of fused-ring (bicyclic) bond motifs is 6. The van der Waals surface area contributed by atoms with Gasteiger partial charge in [0.25, 0.3) is 0 Å². The van der Waals surface area contributed by atoms with Gasteiger partial charge in [0.1, 0.15) is 0 Å². The van der Waals surface area contributed by atoms with E-state index in [0.717, 1.165) is 17.1 Å². The standard InChI is InChI=1S/C48H31NS2/c1-3-11-32(12-4-1)33-19-23-36(24-20-33)49(38-27-28-47-43(29-38)39-15-7-9-17-45(39)50-47)37-25-21-35(22-26-37)42-31-48-44(40-16-8-10-18-46(40)51-48)30-41(42)34-13-5-2-6-14-34/h1-31H. The number of rotatable bonds is 6. The van der Waals surface area contributed by atoms with Crippen molar-refractivity contribution in [2.45, 2.75) is 0 Å². The van der Waals surface area contributed by atoms with E-state index >= 15 is 0 Å². The van der Waals surface area contributed by atoms with Crippen molar-refractivity contribution < 1.29 is 0 Å². The Kier molecular flexibility index (Phi) is 7.26. The van der Waals surface area contributed by atoms with Crippen LogP contribution in [0.25, 0.3) is 73.7 Å². The first kappa shape index (κ1) is 29.9. The van der Waals surface area contributed by atoms with Gasteiger partial charge in [-0.15, -0.1) is 22.7 Å². The molecule has 3 heteroatoms. The lowest BCUT2D eigenvalue weighted by Gasteiger charge is -2.26. The molecule has 0 N–H and O–H groups in total. The third-order valence-corrected chi connectivity index (χ3v) is 12.2. The van der Waals surface area contributed by atoms with Crippen molar-refractivity contribution in [3.05, 3.63) is 188 Å². The summed E-state index contributed by atoms with van der Waals surface area (Å²) in [4.78, 5) is 2.39. The second-order valence-corrected chi connectivity index (χ2v) is 15.1. The minimum Gasteiger partial charge on any atom is -0.310 e. The first-order valence-electron chi connectivity index (χ1n) is 17.2. The first-order valence-corrected chi connectivity index (χ1v) is 18.9. The third kappa shape index (κ3) is 5.30. The Hall–Kier alpha value is -6.00. The van der Waals surface area contributed by atoms with E-state index in [0.29, 0.717) is 0 Å². The summed E-state index contributed by atoms with van der Waals surface area (Å²) in [5.74, 6) is 0. The Labute approximate surface area is 304 Å². The highest BCUT2D eigenvalue weighted by Gasteiger charge is 2.17. The third-order valence-electron chi connectivity index (χ3n) is 9.89. The molecule has 0 aliphatic rings. The molecule has 2 aromatic heterocycles. The van der Waals surface area contributed by atoms with Crippen molar-refractivity contribution in [3.8, 4) is 33.4 Å². The molecular weight excluding hydrogens is 655 g/mol. The average molecular weight is 686 g/mol. The van der Waals surface area contributed by atoms with Crippen LogP contribution in [-0.2, 0) is 0 Å². The van der Waals surface area contributed by atoms with Crippen molar-refractivity contribution in [1.82, 2.24) is 0 Å². The maximum absolute atomic E-state index is 2.40. The van der Waals surface area contributed by atoms with Crippen molar-refractivity contribution >= 4 is 80.1 Å². The van der Waals surface area contributed by atoms with Crippen LogP contribution < -0.4 is 4.90 Å². The van der Waals surface area contributed by atoms with Crippen LogP contribution >= 0.6 is 22.7 Å². The molecule has 10 rings (SSSR count). The minimum absolute atomic E-state index is 1.12. The normalized spacial score (nSPS) is 11.5. The van der Waals surface area contributed by atoms with Gasteiger partial charge in [-0.3, -0.25) is 0 Å². The largest absolute Gasteiger partial charge is 0.310 e. The predicted octanol–water partition coefficient (Wildman–Crippen LogP) is 14.9. The molecule has 0 atom stereocenters. The maximum Gasteiger partial charge on any atom is 0.0468 e. The quantitative estimate of drug-likeness (QED) is 0.168. The number of anilines is 3. The summed E-state index contributed by atoms with van der Waals surface area (Å²) in [5.41, 5.74) is 10.7. The SMILES string of the molecule is c1ccc(-c2ccc(N(c3ccc(-c4cc5sc6ccccc6c5cc4-c4ccccc4)cc3)c3ccc4sc5ccccc5c4c3)cc2)cc1. The lowest BCUT2D eigenvalue weighted by Crippen LogP contribution is -2.09. The van der Waals surface area contributed by atoms with Crippen LogP contribution in [-0.4, -0.2) is 0 Å². The van der Waals surface area contributed by atoms with E-state index in [1.807, 2.05) is 22.7 Å². The topological polar surface area (TPSA) is 3.24 Å². The molecule has 0 aliphatic carbocycles. The summed E-state index contributed by atoms with van der Waals surface area (Å²) in [6, 6.07) is 68.7. The summed E-state index contributed by atoms with van der Waals surface area (Å²) in [7, 11) is 0. The van der Waals surface area contributed by atoms with Crippen molar-refractivity contribution in [2.24, 2.45) is 0 Å². The summed E-state index contributed by atoms with van der Waals surface area (Å²) < 4.78 is 5.26. The molecule has 10 aromatic rings. The van der Waals surface area contributed by atoms with Crippen LogP contribution in [0, 0.1) is 0 Å². The smallest absolute Gasteiger partial charge is 0.0468 e. The van der Waals surface area contributed by atoms with Gasteiger partial charge in [0.15, 0.2) is 0 Å². The fourth-order valence-electron chi connectivity index (χ4n) is 7.39. The molecule has 0 saturated carbocycles. The van der Waals surface area contributed by atoms with E-state index in [4.69, 9.17) is 0 Å². The number of benzene rings is 8. The molecule has 51 heavy (non-hydrogen) atoms. The number of thiophene rings is 2. The van der Waals surface area contributed by atoms with Crippen molar-refractivity contribution in [2.75, 3.05) is 4.90 Å². The van der Waals surface area contributed by atoms with Crippen molar-refractivity contribution in [3.63, 3.8) is 0 Å². The van der Waals surface area contributed by atoms with Crippen LogP contribution in [0.2, 0.25) is 0 Å². The Morgan fingerprint density at radius 3 is 1.35 bits per heavy atom. The van der Waals surface area contributed by atoms with Gasteiger partial charge in [-0.25, -0.2) is 0 Å². The predicted molar refractivity (Wildman–Crippen MR) is 223 cm³/mol. The van der Waals surface area contributed by atoms with Crippen LogP contribution in [0.15, 0.2) is 188 Å². The van der Waals surface area contributed by atoms with Crippen LogP contribution in [0.3, 0.4) is 0 Å². The molecule has 0 fully saturated rings. The first-order chi connectivity index (χ1) is 25.3. The molecule has 0 radical (unpaired) electrons. The molecule has 1 nitrogen and oxygen atoms in total. The fraction of sp³-hybridized carbons (Fsp3) is 0. The fourth-order valence-corrected chi connectivity index (χ4v) is 9.60. The average Bonchev–Trinajstić information content (AvgIpc) is 3.76. The van der Waals surface area contributed by atoms with Gasteiger partial charge in [-0.05, 0) is 100 Å². The lowest BCUT2D eigenvalue weighted by molar-refractivity contribution is 1.29. The van der Waals surface area contributed by atoms with Gasteiger partial charge in [0.05, 0.1) is 0 Å². The van der Waals surface area contributed by atoms with Crippen LogP contribution in [0.5, 0.6) is 0 Å². The zero-order valence-corrected chi connectivity index (χ0v) is 29.3. The van der Waals surface area contributed by atoms with E-state index in [9.17, 15) is 0 Å². The summed E-state index contributed by atoms with van der Waals surface area (Å²) in [6.07, 6.45) is 0. The van der Waals surface area contributed by atoms with Crippen molar-refractivity contribution in [1.29, 1.82) is 0 Å². The highest BCUT2D eigenvalue weighted by atomic mass is 32.1. The molecule has 0 amide bonds. The molecule has 0 bridgehead atoms. The molecule has 240 valence electrons. The molecule has 2 heterocycles. The van der Waals surface area contributed by atoms with Gasteiger partial charge in [0, 0.05) is 57.4 Å². The number of nitrogens with zero attached hydrogens (tertiary/aromatic N) is 1. The molecular formula is C48H31NS2.